The molecule has 5 nitrogen and oxygen atoms in total. The Morgan fingerprint density at radius 2 is 1.55 bits per heavy atom. The SMILES string of the molecule is CCc1ccccc1N(CC(=O)N[C@H](C)c1ccccc1)S(=O)(=O)c1ccc(C)cc1. The molecule has 0 bridgehead atoms. The number of nitrogens with one attached hydrogen (secondary N) is 1. The molecule has 6 heteroatoms. The van der Waals surface area contributed by atoms with Gasteiger partial charge in [0, 0.05) is 0 Å². The Labute approximate surface area is 184 Å². The van der Waals surface area contributed by atoms with Crippen molar-refractivity contribution < 1.29 is 13.2 Å². The minimum absolute atomic E-state index is 0.160. The van der Waals surface area contributed by atoms with Crippen LogP contribution in [0.5, 0.6) is 0 Å². The van der Waals surface area contributed by atoms with Gasteiger partial charge in [-0.1, -0.05) is 73.2 Å². The molecule has 3 rings (SSSR count). The average Bonchev–Trinajstić information content (AvgIpc) is 2.78. The molecular formula is C25H28N2O3S. The number of amides is 1. The molecule has 0 aromatic heterocycles. The van der Waals surface area contributed by atoms with E-state index in [1.54, 1.807) is 36.4 Å². The van der Waals surface area contributed by atoms with Crippen LogP contribution in [0.15, 0.2) is 83.8 Å². The van der Waals surface area contributed by atoms with E-state index in [9.17, 15) is 13.2 Å². The van der Waals surface area contributed by atoms with Gasteiger partial charge in [-0.05, 0) is 49.6 Å². The Morgan fingerprint density at radius 3 is 2.19 bits per heavy atom. The molecule has 31 heavy (non-hydrogen) atoms. The number of anilines is 1. The second kappa shape index (κ2) is 9.79. The van der Waals surface area contributed by atoms with Crippen LogP contribution in [-0.4, -0.2) is 20.9 Å². The fraction of sp³-hybridized carbons (Fsp3) is 0.240. The lowest BCUT2D eigenvalue weighted by Crippen LogP contribution is -2.42. The molecule has 1 atom stereocenters. The number of benzene rings is 3. The fourth-order valence-electron chi connectivity index (χ4n) is 3.43. The summed E-state index contributed by atoms with van der Waals surface area (Å²) < 4.78 is 28.3. The van der Waals surface area contributed by atoms with E-state index in [1.165, 1.54) is 4.31 Å². The van der Waals surface area contributed by atoms with Crippen molar-refractivity contribution in [3.63, 3.8) is 0 Å². The van der Waals surface area contributed by atoms with Crippen LogP contribution in [0.25, 0.3) is 0 Å². The summed E-state index contributed by atoms with van der Waals surface area (Å²) in [5.41, 5.74) is 3.31. The average molecular weight is 437 g/mol. The third-order valence-electron chi connectivity index (χ3n) is 5.21. The first-order valence-corrected chi connectivity index (χ1v) is 11.8. The lowest BCUT2D eigenvalue weighted by Gasteiger charge is -2.27. The molecular weight excluding hydrogens is 408 g/mol. The van der Waals surface area contributed by atoms with E-state index in [0.717, 1.165) is 16.7 Å². The first-order chi connectivity index (χ1) is 14.8. The van der Waals surface area contributed by atoms with Gasteiger partial charge in [0.2, 0.25) is 5.91 Å². The number of hydrogen-bond acceptors (Lipinski definition) is 3. The van der Waals surface area contributed by atoms with E-state index in [2.05, 4.69) is 5.32 Å². The molecule has 1 N–H and O–H groups in total. The molecule has 0 fully saturated rings. The molecule has 0 saturated heterocycles. The van der Waals surface area contributed by atoms with E-state index in [4.69, 9.17) is 0 Å². The van der Waals surface area contributed by atoms with Gasteiger partial charge in [0.25, 0.3) is 10.0 Å². The van der Waals surface area contributed by atoms with Gasteiger partial charge in [-0.2, -0.15) is 0 Å². The summed E-state index contributed by atoms with van der Waals surface area (Å²) in [6, 6.07) is 23.3. The predicted octanol–water partition coefficient (Wildman–Crippen LogP) is 4.63. The molecule has 0 saturated carbocycles. The van der Waals surface area contributed by atoms with Crippen molar-refractivity contribution in [3.05, 3.63) is 95.6 Å². The molecule has 162 valence electrons. The van der Waals surface area contributed by atoms with Gasteiger partial charge in [-0.3, -0.25) is 9.10 Å². The Kier molecular flexibility index (Phi) is 7.13. The second-order valence-electron chi connectivity index (χ2n) is 7.51. The maximum atomic E-state index is 13.5. The van der Waals surface area contributed by atoms with Gasteiger partial charge < -0.3 is 5.32 Å². The van der Waals surface area contributed by atoms with Crippen LogP contribution in [-0.2, 0) is 21.2 Å². The molecule has 0 radical (unpaired) electrons. The quantitative estimate of drug-likeness (QED) is 0.560. The Hall–Kier alpha value is -3.12. The maximum absolute atomic E-state index is 13.5. The van der Waals surface area contributed by atoms with E-state index >= 15 is 0 Å². The highest BCUT2D eigenvalue weighted by molar-refractivity contribution is 7.92. The zero-order valence-corrected chi connectivity index (χ0v) is 18.9. The fourth-order valence-corrected chi connectivity index (χ4v) is 4.89. The van der Waals surface area contributed by atoms with Gasteiger partial charge in [0.05, 0.1) is 16.6 Å². The Bertz CT molecular complexity index is 1130. The smallest absolute Gasteiger partial charge is 0.264 e. The van der Waals surface area contributed by atoms with E-state index < -0.39 is 10.0 Å². The van der Waals surface area contributed by atoms with Crippen LogP contribution in [0.4, 0.5) is 5.69 Å². The van der Waals surface area contributed by atoms with Crippen molar-refractivity contribution in [1.82, 2.24) is 5.32 Å². The van der Waals surface area contributed by atoms with Gasteiger partial charge in [0.15, 0.2) is 0 Å². The van der Waals surface area contributed by atoms with Crippen molar-refractivity contribution in [2.24, 2.45) is 0 Å². The summed E-state index contributed by atoms with van der Waals surface area (Å²) in [5, 5.41) is 2.92. The highest BCUT2D eigenvalue weighted by Gasteiger charge is 2.29. The van der Waals surface area contributed by atoms with Crippen molar-refractivity contribution in [3.8, 4) is 0 Å². The summed E-state index contributed by atoms with van der Waals surface area (Å²) in [4.78, 5) is 13.1. The lowest BCUT2D eigenvalue weighted by atomic mass is 10.1. The summed E-state index contributed by atoms with van der Waals surface area (Å²) >= 11 is 0. The third kappa shape index (κ3) is 5.33. The van der Waals surface area contributed by atoms with Crippen LogP contribution < -0.4 is 9.62 Å². The molecule has 1 amide bonds. The highest BCUT2D eigenvalue weighted by atomic mass is 32.2. The normalized spacial score (nSPS) is 12.2. The molecule has 0 heterocycles. The monoisotopic (exact) mass is 436 g/mol. The number of sulfonamides is 1. The second-order valence-corrected chi connectivity index (χ2v) is 9.37. The summed E-state index contributed by atoms with van der Waals surface area (Å²) in [7, 11) is -3.93. The summed E-state index contributed by atoms with van der Waals surface area (Å²) in [5.74, 6) is -0.363. The molecule has 3 aromatic carbocycles. The van der Waals surface area contributed by atoms with E-state index in [1.807, 2.05) is 63.2 Å². The van der Waals surface area contributed by atoms with E-state index in [-0.39, 0.29) is 23.4 Å². The topological polar surface area (TPSA) is 66.5 Å². The number of para-hydroxylation sites is 1. The molecule has 0 aliphatic rings. The zero-order chi connectivity index (χ0) is 22.4. The highest BCUT2D eigenvalue weighted by Crippen LogP contribution is 2.28. The lowest BCUT2D eigenvalue weighted by molar-refractivity contribution is -0.120. The molecule has 0 aliphatic carbocycles. The van der Waals surface area contributed by atoms with Crippen LogP contribution in [0.3, 0.4) is 0 Å². The largest absolute Gasteiger partial charge is 0.348 e. The van der Waals surface area contributed by atoms with Crippen molar-refractivity contribution in [2.45, 2.75) is 38.1 Å². The predicted molar refractivity (Wildman–Crippen MR) is 125 cm³/mol. The standard InChI is InChI=1S/C25H28N2O3S/c1-4-21-10-8-9-13-24(21)27(31(29,30)23-16-14-19(2)15-17-23)18-25(28)26-20(3)22-11-6-5-7-12-22/h5-17,20H,4,18H2,1-3H3,(H,26,28)/t20-/m1/s1. The van der Waals surface area contributed by atoms with Crippen LogP contribution in [0.2, 0.25) is 0 Å². The van der Waals surface area contributed by atoms with Gasteiger partial charge in [0.1, 0.15) is 6.54 Å². The van der Waals surface area contributed by atoms with Crippen molar-refractivity contribution in [1.29, 1.82) is 0 Å². The molecule has 0 unspecified atom stereocenters. The molecule has 0 aliphatic heterocycles. The molecule has 0 spiro atoms. The number of aryl methyl sites for hydroxylation is 2. The molecule has 3 aromatic rings. The minimum Gasteiger partial charge on any atom is -0.348 e. The maximum Gasteiger partial charge on any atom is 0.264 e. The number of nitrogens with zero attached hydrogens (tertiary/aromatic N) is 1. The van der Waals surface area contributed by atoms with Crippen LogP contribution in [0, 0.1) is 6.92 Å². The minimum atomic E-state index is -3.93. The zero-order valence-electron chi connectivity index (χ0n) is 18.1. The van der Waals surface area contributed by atoms with Gasteiger partial charge in [-0.15, -0.1) is 0 Å². The van der Waals surface area contributed by atoms with Gasteiger partial charge in [-0.25, -0.2) is 8.42 Å². The number of carbonyl (C=O) groups is 1. The van der Waals surface area contributed by atoms with E-state index in [0.29, 0.717) is 12.1 Å². The van der Waals surface area contributed by atoms with Crippen LogP contribution >= 0.6 is 0 Å². The third-order valence-corrected chi connectivity index (χ3v) is 6.99. The summed E-state index contributed by atoms with van der Waals surface area (Å²) in [6.07, 6.45) is 0.651. The number of carbonyl (C=O) groups excluding carboxylic acids is 1. The first-order valence-electron chi connectivity index (χ1n) is 10.3. The number of hydrogen-bond donors (Lipinski definition) is 1. The summed E-state index contributed by atoms with van der Waals surface area (Å²) in [6.45, 7) is 5.45. The Morgan fingerprint density at radius 1 is 0.935 bits per heavy atom. The van der Waals surface area contributed by atoms with Crippen molar-refractivity contribution in [2.75, 3.05) is 10.8 Å². The Balaban J connectivity index is 1.94. The van der Waals surface area contributed by atoms with Crippen LogP contribution in [0.1, 0.15) is 36.6 Å². The number of rotatable bonds is 8. The first kappa shape index (κ1) is 22.6. The van der Waals surface area contributed by atoms with Crippen molar-refractivity contribution >= 4 is 21.6 Å². The van der Waals surface area contributed by atoms with Gasteiger partial charge >= 0.3 is 0 Å².